The molecular formula is C27H23Cl2N5O5S. The zero-order valence-corrected chi connectivity index (χ0v) is 23.6. The van der Waals surface area contributed by atoms with E-state index in [0.29, 0.717) is 25.6 Å². The Labute approximate surface area is 240 Å². The van der Waals surface area contributed by atoms with E-state index >= 15 is 0 Å². The lowest BCUT2D eigenvalue weighted by atomic mass is 10.2. The van der Waals surface area contributed by atoms with E-state index in [1.165, 1.54) is 54.7 Å². The second-order valence-electron chi connectivity index (χ2n) is 8.60. The molecule has 13 heteroatoms. The molecule has 40 heavy (non-hydrogen) atoms. The van der Waals surface area contributed by atoms with Crippen LogP contribution in [0, 0.1) is 24.0 Å². The SMILES string of the molecule is Cc1cc(/C=N/NC(=O)CN(c2ccccc2[N+](=O)[O-])S(=O)(=O)c2ccccc2)c(C)n1-c1cccc(Cl)c1Cl. The van der Waals surface area contributed by atoms with Gasteiger partial charge in [0.05, 0.1) is 31.8 Å². The summed E-state index contributed by atoms with van der Waals surface area (Å²) in [6.45, 7) is 2.96. The largest absolute Gasteiger partial charge is 0.316 e. The molecule has 0 atom stereocenters. The molecule has 1 N–H and O–H groups in total. The van der Waals surface area contributed by atoms with Gasteiger partial charge in [0.15, 0.2) is 0 Å². The number of nitro benzene ring substituents is 1. The Balaban J connectivity index is 1.61. The Morgan fingerprint density at radius 3 is 2.42 bits per heavy atom. The van der Waals surface area contributed by atoms with Crippen LogP contribution in [-0.2, 0) is 14.8 Å². The van der Waals surface area contributed by atoms with Crippen molar-refractivity contribution in [3.8, 4) is 5.69 Å². The van der Waals surface area contributed by atoms with Gasteiger partial charge in [0.1, 0.15) is 12.2 Å². The average Bonchev–Trinajstić information content (AvgIpc) is 3.21. The third kappa shape index (κ3) is 5.86. The lowest BCUT2D eigenvalue weighted by molar-refractivity contribution is -0.384. The van der Waals surface area contributed by atoms with Crippen molar-refractivity contribution in [3.05, 3.63) is 116 Å². The second-order valence-corrected chi connectivity index (χ2v) is 11.2. The van der Waals surface area contributed by atoms with Crippen LogP contribution in [-0.4, -0.2) is 36.6 Å². The van der Waals surface area contributed by atoms with Gasteiger partial charge in [0.25, 0.3) is 21.6 Å². The summed E-state index contributed by atoms with van der Waals surface area (Å²) in [6, 6.07) is 19.8. The number of anilines is 1. The maximum absolute atomic E-state index is 13.5. The maximum Gasteiger partial charge on any atom is 0.293 e. The van der Waals surface area contributed by atoms with E-state index in [0.717, 1.165) is 11.4 Å². The monoisotopic (exact) mass is 599 g/mol. The van der Waals surface area contributed by atoms with Gasteiger partial charge in [-0.3, -0.25) is 14.9 Å². The van der Waals surface area contributed by atoms with Crippen molar-refractivity contribution < 1.29 is 18.1 Å². The van der Waals surface area contributed by atoms with E-state index < -0.39 is 33.1 Å². The molecule has 1 heterocycles. The van der Waals surface area contributed by atoms with E-state index in [1.54, 1.807) is 18.2 Å². The number of aromatic nitrogens is 1. The van der Waals surface area contributed by atoms with Gasteiger partial charge < -0.3 is 4.57 Å². The van der Waals surface area contributed by atoms with Crippen LogP contribution in [0.5, 0.6) is 0 Å². The number of nitrogens with zero attached hydrogens (tertiary/aromatic N) is 4. The van der Waals surface area contributed by atoms with Crippen molar-refractivity contribution in [1.29, 1.82) is 0 Å². The van der Waals surface area contributed by atoms with Crippen molar-refractivity contribution in [1.82, 2.24) is 9.99 Å². The minimum absolute atomic E-state index is 0.128. The molecule has 0 saturated carbocycles. The molecule has 0 unspecified atom stereocenters. The Kier molecular flexibility index (Phi) is 8.58. The Hall–Kier alpha value is -4.19. The van der Waals surface area contributed by atoms with Gasteiger partial charge in [0.2, 0.25) is 0 Å². The molecule has 1 amide bonds. The molecule has 4 rings (SSSR count). The van der Waals surface area contributed by atoms with Gasteiger partial charge in [-0.25, -0.2) is 18.1 Å². The molecule has 0 aliphatic rings. The van der Waals surface area contributed by atoms with Gasteiger partial charge in [-0.15, -0.1) is 0 Å². The number of carbonyl (C=O) groups excluding carboxylic acids is 1. The van der Waals surface area contributed by atoms with E-state index in [4.69, 9.17) is 23.2 Å². The molecule has 1 aromatic heterocycles. The van der Waals surface area contributed by atoms with Crippen molar-refractivity contribution in [3.63, 3.8) is 0 Å². The first-order chi connectivity index (χ1) is 19.0. The van der Waals surface area contributed by atoms with Crippen molar-refractivity contribution in [2.45, 2.75) is 18.7 Å². The number of rotatable bonds is 9. The zero-order valence-electron chi connectivity index (χ0n) is 21.3. The molecule has 3 aromatic carbocycles. The van der Waals surface area contributed by atoms with Gasteiger partial charge in [-0.2, -0.15) is 5.10 Å². The Bertz CT molecular complexity index is 1720. The van der Waals surface area contributed by atoms with Crippen molar-refractivity contribution >= 4 is 56.7 Å². The zero-order chi connectivity index (χ0) is 29.0. The Morgan fingerprint density at radius 1 is 1.05 bits per heavy atom. The van der Waals surface area contributed by atoms with Crippen LogP contribution in [0.1, 0.15) is 17.0 Å². The van der Waals surface area contributed by atoms with Crippen molar-refractivity contribution in [2.24, 2.45) is 5.10 Å². The summed E-state index contributed by atoms with van der Waals surface area (Å²) >= 11 is 12.6. The van der Waals surface area contributed by atoms with Gasteiger partial charge in [-0.05, 0) is 50.2 Å². The highest BCUT2D eigenvalue weighted by molar-refractivity contribution is 7.92. The number of amides is 1. The summed E-state index contributed by atoms with van der Waals surface area (Å²) in [7, 11) is -4.34. The molecule has 0 fully saturated rings. The third-order valence-corrected chi connectivity index (χ3v) is 8.58. The number of para-hydroxylation sites is 2. The fraction of sp³-hybridized carbons (Fsp3) is 0.111. The highest BCUT2D eigenvalue weighted by Gasteiger charge is 2.31. The number of hydrogen-bond acceptors (Lipinski definition) is 6. The van der Waals surface area contributed by atoms with Crippen LogP contribution in [0.25, 0.3) is 5.69 Å². The number of nitrogens with one attached hydrogen (secondary N) is 1. The number of aryl methyl sites for hydroxylation is 1. The fourth-order valence-corrected chi connectivity index (χ4v) is 5.98. The van der Waals surface area contributed by atoms with Gasteiger partial charge in [-0.1, -0.05) is 59.6 Å². The summed E-state index contributed by atoms with van der Waals surface area (Å²) in [6.07, 6.45) is 1.41. The van der Waals surface area contributed by atoms with Crippen LogP contribution in [0.4, 0.5) is 11.4 Å². The van der Waals surface area contributed by atoms with Gasteiger partial charge >= 0.3 is 0 Å². The first-order valence-corrected chi connectivity index (χ1v) is 14.0. The van der Waals surface area contributed by atoms with Crippen LogP contribution in [0.15, 0.2) is 88.9 Å². The highest BCUT2D eigenvalue weighted by atomic mass is 35.5. The molecule has 206 valence electrons. The van der Waals surface area contributed by atoms with Gasteiger partial charge in [0, 0.05) is 23.0 Å². The minimum Gasteiger partial charge on any atom is -0.316 e. The molecule has 4 aromatic rings. The molecular weight excluding hydrogens is 577 g/mol. The predicted octanol–water partition coefficient (Wildman–Crippen LogP) is 5.65. The van der Waals surface area contributed by atoms with Crippen LogP contribution in [0.3, 0.4) is 0 Å². The summed E-state index contributed by atoms with van der Waals surface area (Å²) < 4.78 is 29.5. The van der Waals surface area contributed by atoms with Crippen LogP contribution in [0.2, 0.25) is 10.0 Å². The smallest absolute Gasteiger partial charge is 0.293 e. The summed E-state index contributed by atoms with van der Waals surface area (Å²) in [5, 5.41) is 16.4. The van der Waals surface area contributed by atoms with Crippen LogP contribution >= 0.6 is 23.2 Å². The minimum atomic E-state index is -4.34. The molecule has 0 saturated heterocycles. The number of sulfonamides is 1. The number of nitro groups is 1. The lowest BCUT2D eigenvalue weighted by Gasteiger charge is -2.23. The quantitative estimate of drug-likeness (QED) is 0.151. The van der Waals surface area contributed by atoms with E-state index in [9.17, 15) is 23.3 Å². The topological polar surface area (TPSA) is 127 Å². The maximum atomic E-state index is 13.5. The Morgan fingerprint density at radius 2 is 1.73 bits per heavy atom. The number of hydrazone groups is 1. The normalized spacial score (nSPS) is 11.5. The first kappa shape index (κ1) is 28.8. The number of benzene rings is 3. The third-order valence-electron chi connectivity index (χ3n) is 6.00. The van der Waals surface area contributed by atoms with Crippen molar-refractivity contribution in [2.75, 3.05) is 10.8 Å². The molecule has 0 radical (unpaired) electrons. The van der Waals surface area contributed by atoms with Crippen LogP contribution < -0.4 is 9.73 Å². The molecule has 0 bridgehead atoms. The molecule has 10 nitrogen and oxygen atoms in total. The lowest BCUT2D eigenvalue weighted by Crippen LogP contribution is -2.39. The second kappa shape index (κ2) is 11.9. The average molecular weight is 600 g/mol. The van der Waals surface area contributed by atoms with E-state index in [1.807, 2.05) is 30.5 Å². The number of hydrogen-bond donors (Lipinski definition) is 1. The highest BCUT2D eigenvalue weighted by Crippen LogP contribution is 2.33. The molecule has 0 aliphatic heterocycles. The van der Waals surface area contributed by atoms with E-state index in [-0.39, 0.29) is 10.6 Å². The number of halogens is 2. The van der Waals surface area contributed by atoms with E-state index in [2.05, 4.69) is 10.5 Å². The first-order valence-electron chi connectivity index (χ1n) is 11.8. The summed E-state index contributed by atoms with van der Waals surface area (Å²) in [5.74, 6) is -0.805. The standard InChI is InChI=1S/C27H23Cl2N5O5S/c1-18-15-20(19(2)33(18)25-14-8-11-22(28)27(25)29)16-30-31-26(35)17-32(23-12-6-7-13-24(23)34(36)37)40(38,39)21-9-4-3-5-10-21/h3-16H,17H2,1-2H3,(H,31,35)/b30-16+. The molecule has 0 spiro atoms. The summed E-state index contributed by atoms with van der Waals surface area (Å²) in [5.41, 5.74) is 4.56. The fourth-order valence-electron chi connectivity index (χ4n) is 4.14. The predicted molar refractivity (Wildman–Crippen MR) is 155 cm³/mol. The summed E-state index contributed by atoms with van der Waals surface area (Å²) in [4.78, 5) is 23.7. The number of carbonyl (C=O) groups is 1. The molecule has 0 aliphatic carbocycles.